The summed E-state index contributed by atoms with van der Waals surface area (Å²) in [5.41, 5.74) is 6.78. The number of hydrogen-bond acceptors (Lipinski definition) is 3. The highest BCUT2D eigenvalue weighted by molar-refractivity contribution is 5.97. The van der Waals surface area contributed by atoms with Gasteiger partial charge >= 0.3 is 0 Å². The minimum atomic E-state index is -0.471. The van der Waals surface area contributed by atoms with E-state index in [1.807, 2.05) is 19.1 Å². The maximum atomic E-state index is 13.3. The summed E-state index contributed by atoms with van der Waals surface area (Å²) in [6.45, 7) is 2.04. The number of benzene rings is 2. The van der Waals surface area contributed by atoms with Crippen molar-refractivity contribution in [3.05, 3.63) is 53.3 Å². The highest BCUT2D eigenvalue weighted by Crippen LogP contribution is 2.34. The largest absolute Gasteiger partial charge is 0.493 e. The molecule has 0 spiro atoms. The van der Waals surface area contributed by atoms with Crippen LogP contribution in [0, 0.1) is 11.2 Å². The van der Waals surface area contributed by atoms with Crippen LogP contribution in [-0.4, -0.2) is 12.9 Å². The van der Waals surface area contributed by atoms with Crippen LogP contribution < -0.4 is 15.2 Å². The van der Waals surface area contributed by atoms with E-state index in [2.05, 4.69) is 0 Å². The first-order chi connectivity index (χ1) is 10.0. The average molecular weight is 288 g/mol. The number of methoxy groups -OCH3 is 1. The third-order valence-corrected chi connectivity index (χ3v) is 3.09. The molecule has 2 aromatic carbocycles. The molecule has 0 saturated heterocycles. The number of rotatable bonds is 5. The van der Waals surface area contributed by atoms with Gasteiger partial charge in [0.2, 0.25) is 0 Å². The zero-order chi connectivity index (χ0) is 15.4. The summed E-state index contributed by atoms with van der Waals surface area (Å²) in [5, 5.41) is 7.50. The summed E-state index contributed by atoms with van der Waals surface area (Å²) in [7, 11) is 1.55. The molecular weight excluding hydrogens is 271 g/mol. The Kier molecular flexibility index (Phi) is 4.42. The molecule has 0 aliphatic rings. The minimum absolute atomic E-state index is 0.205. The van der Waals surface area contributed by atoms with E-state index in [-0.39, 0.29) is 11.4 Å². The lowest BCUT2D eigenvalue weighted by Crippen LogP contribution is -2.12. The Balaban J connectivity index is 2.40. The van der Waals surface area contributed by atoms with Crippen LogP contribution in [0.2, 0.25) is 0 Å². The van der Waals surface area contributed by atoms with Crippen molar-refractivity contribution in [3.63, 3.8) is 0 Å². The van der Waals surface area contributed by atoms with Crippen LogP contribution >= 0.6 is 0 Å². The van der Waals surface area contributed by atoms with E-state index < -0.39 is 5.82 Å². The Morgan fingerprint density at radius 2 is 1.86 bits per heavy atom. The van der Waals surface area contributed by atoms with E-state index in [1.54, 1.807) is 13.2 Å². The van der Waals surface area contributed by atoms with Crippen molar-refractivity contribution >= 4 is 5.84 Å². The smallest absolute Gasteiger partial charge is 0.169 e. The zero-order valence-corrected chi connectivity index (χ0v) is 11.9. The van der Waals surface area contributed by atoms with Gasteiger partial charge in [-0.2, -0.15) is 0 Å². The topological polar surface area (TPSA) is 68.3 Å². The number of nitrogens with one attached hydrogen (secondary N) is 1. The first-order valence-electron chi connectivity index (χ1n) is 6.54. The molecule has 0 heterocycles. The van der Waals surface area contributed by atoms with Crippen LogP contribution in [0.15, 0.2) is 36.4 Å². The van der Waals surface area contributed by atoms with Crippen LogP contribution in [0.4, 0.5) is 4.39 Å². The minimum Gasteiger partial charge on any atom is -0.493 e. The molecule has 5 heteroatoms. The molecule has 0 amide bonds. The monoisotopic (exact) mass is 288 g/mol. The Labute approximate surface area is 122 Å². The van der Waals surface area contributed by atoms with Gasteiger partial charge in [0.1, 0.15) is 17.4 Å². The molecule has 0 aliphatic heterocycles. The van der Waals surface area contributed by atoms with E-state index in [0.717, 1.165) is 12.0 Å². The number of ether oxygens (including phenoxy) is 2. The van der Waals surface area contributed by atoms with Gasteiger partial charge in [-0.05, 0) is 42.3 Å². The lowest BCUT2D eigenvalue weighted by molar-refractivity contribution is 0.378. The summed E-state index contributed by atoms with van der Waals surface area (Å²) in [4.78, 5) is 0. The molecule has 0 atom stereocenters. The van der Waals surface area contributed by atoms with E-state index in [0.29, 0.717) is 17.2 Å². The Morgan fingerprint density at radius 1 is 1.14 bits per heavy atom. The van der Waals surface area contributed by atoms with Crippen LogP contribution in [0.5, 0.6) is 17.2 Å². The quantitative estimate of drug-likeness (QED) is 0.654. The Bertz CT molecular complexity index is 671. The third-order valence-electron chi connectivity index (χ3n) is 3.09. The fourth-order valence-electron chi connectivity index (χ4n) is 1.94. The first-order valence-corrected chi connectivity index (χ1v) is 6.54. The van der Waals surface area contributed by atoms with Gasteiger partial charge in [0, 0.05) is 0 Å². The summed E-state index contributed by atoms with van der Waals surface area (Å²) in [6.07, 6.45) is 0.881. The van der Waals surface area contributed by atoms with Crippen LogP contribution in [0.3, 0.4) is 0 Å². The Morgan fingerprint density at radius 3 is 2.48 bits per heavy atom. The molecule has 0 aromatic heterocycles. The molecule has 0 fully saturated rings. The standard InChI is InChI=1S/C16H17FN2O2/c1-3-10-4-6-14(15(8-10)20-2)21-13-7-5-11(17)9-12(13)16(18)19/h4-9H,3H2,1-2H3,(H3,18,19). The van der Waals surface area contributed by atoms with Gasteiger partial charge < -0.3 is 15.2 Å². The SMILES string of the molecule is CCc1ccc(Oc2ccc(F)cc2C(=N)N)c(OC)c1. The molecule has 0 bridgehead atoms. The molecule has 110 valence electrons. The molecule has 2 rings (SSSR count). The molecule has 0 aliphatic carbocycles. The summed E-state index contributed by atoms with van der Waals surface area (Å²) < 4.78 is 24.3. The molecule has 3 N–H and O–H groups in total. The van der Waals surface area contributed by atoms with Gasteiger partial charge in [-0.3, -0.25) is 5.41 Å². The molecule has 0 saturated carbocycles. The summed E-state index contributed by atoms with van der Waals surface area (Å²) in [5.74, 6) is 0.651. The number of amidine groups is 1. The molecule has 2 aromatic rings. The molecule has 4 nitrogen and oxygen atoms in total. The molecular formula is C16H17FN2O2. The van der Waals surface area contributed by atoms with E-state index in [9.17, 15) is 4.39 Å². The van der Waals surface area contributed by atoms with E-state index >= 15 is 0 Å². The maximum absolute atomic E-state index is 13.3. The normalized spacial score (nSPS) is 10.2. The maximum Gasteiger partial charge on any atom is 0.169 e. The van der Waals surface area contributed by atoms with Gasteiger partial charge in [-0.15, -0.1) is 0 Å². The van der Waals surface area contributed by atoms with Gasteiger partial charge in [0.25, 0.3) is 0 Å². The van der Waals surface area contributed by atoms with Crippen molar-refractivity contribution in [2.75, 3.05) is 7.11 Å². The van der Waals surface area contributed by atoms with Crippen LogP contribution in [0.1, 0.15) is 18.1 Å². The summed E-state index contributed by atoms with van der Waals surface area (Å²) in [6, 6.07) is 9.46. The zero-order valence-electron chi connectivity index (χ0n) is 11.9. The van der Waals surface area contributed by atoms with Crippen molar-refractivity contribution in [2.24, 2.45) is 5.73 Å². The third kappa shape index (κ3) is 3.31. The molecule has 21 heavy (non-hydrogen) atoms. The average Bonchev–Trinajstić information content (AvgIpc) is 2.49. The van der Waals surface area contributed by atoms with Crippen molar-refractivity contribution < 1.29 is 13.9 Å². The van der Waals surface area contributed by atoms with Gasteiger partial charge in [-0.1, -0.05) is 13.0 Å². The van der Waals surface area contributed by atoms with Gasteiger partial charge in [0.15, 0.2) is 11.5 Å². The fraction of sp³-hybridized carbons (Fsp3) is 0.188. The molecule has 0 unspecified atom stereocenters. The lowest BCUT2D eigenvalue weighted by atomic mass is 10.1. The van der Waals surface area contributed by atoms with E-state index in [4.69, 9.17) is 20.6 Å². The second-order valence-corrected chi connectivity index (χ2v) is 4.49. The number of nitrogen functional groups attached to an aromatic ring is 1. The summed E-state index contributed by atoms with van der Waals surface area (Å²) >= 11 is 0. The van der Waals surface area contributed by atoms with Crippen LogP contribution in [0.25, 0.3) is 0 Å². The second-order valence-electron chi connectivity index (χ2n) is 4.49. The number of halogens is 1. The number of aryl methyl sites for hydroxylation is 1. The second kappa shape index (κ2) is 6.26. The van der Waals surface area contributed by atoms with Crippen molar-refractivity contribution in [1.82, 2.24) is 0 Å². The highest BCUT2D eigenvalue weighted by atomic mass is 19.1. The first kappa shape index (κ1) is 14.8. The van der Waals surface area contributed by atoms with Gasteiger partial charge in [0.05, 0.1) is 12.7 Å². The predicted molar refractivity (Wildman–Crippen MR) is 79.9 cm³/mol. The fourth-order valence-corrected chi connectivity index (χ4v) is 1.94. The van der Waals surface area contributed by atoms with Crippen molar-refractivity contribution in [1.29, 1.82) is 5.41 Å². The van der Waals surface area contributed by atoms with Crippen molar-refractivity contribution in [2.45, 2.75) is 13.3 Å². The molecule has 0 radical (unpaired) electrons. The number of hydrogen-bond donors (Lipinski definition) is 2. The lowest BCUT2D eigenvalue weighted by Gasteiger charge is -2.14. The van der Waals surface area contributed by atoms with Crippen molar-refractivity contribution in [3.8, 4) is 17.2 Å². The number of nitrogens with two attached hydrogens (primary N) is 1. The highest BCUT2D eigenvalue weighted by Gasteiger charge is 2.12. The Hall–Kier alpha value is -2.56. The predicted octanol–water partition coefficient (Wildman–Crippen LogP) is 3.47. The van der Waals surface area contributed by atoms with Crippen LogP contribution in [-0.2, 0) is 6.42 Å². The van der Waals surface area contributed by atoms with Gasteiger partial charge in [-0.25, -0.2) is 4.39 Å². The van der Waals surface area contributed by atoms with E-state index in [1.165, 1.54) is 18.2 Å².